The Morgan fingerprint density at radius 2 is 1.92 bits per heavy atom. The number of carbonyl (C=O) groups excluding carboxylic acids is 3. The predicted molar refractivity (Wildman–Crippen MR) is 119 cm³/mol. The molecule has 2 atom stereocenters. The molecule has 1 N–H and O–H groups in total. The minimum absolute atomic E-state index is 0.0900. The second kappa shape index (κ2) is 9.31. The number of imide groups is 1. The number of fused-ring (bicyclic) bond motifs is 2. The van der Waals surface area contributed by atoms with E-state index in [0.717, 1.165) is 6.42 Å². The molecule has 0 aliphatic carbocycles. The van der Waals surface area contributed by atoms with Crippen molar-refractivity contribution >= 4 is 17.7 Å². The Kier molecular flexibility index (Phi) is 6.46. The van der Waals surface area contributed by atoms with E-state index in [1.54, 1.807) is 11.0 Å². The molecule has 5 rings (SSSR count). The van der Waals surface area contributed by atoms with E-state index in [-0.39, 0.29) is 43.0 Å². The number of hydrogen-bond acceptors (Lipinski definition) is 7. The summed E-state index contributed by atoms with van der Waals surface area (Å²) in [6.45, 7) is 2.53. The number of likely N-dealkylation sites (tertiary alicyclic amines) is 2. The maximum absolute atomic E-state index is 13.6. The number of aliphatic hydroxyl groups is 1. The van der Waals surface area contributed by atoms with Crippen LogP contribution < -0.4 is 4.74 Å². The first-order valence-electron chi connectivity index (χ1n) is 12.2. The number of benzene rings is 1. The second-order valence-corrected chi connectivity index (χ2v) is 10.1. The summed E-state index contributed by atoms with van der Waals surface area (Å²) >= 11 is 0. The van der Waals surface area contributed by atoms with Crippen LogP contribution >= 0.6 is 0 Å². The van der Waals surface area contributed by atoms with Gasteiger partial charge in [-0.2, -0.15) is 0 Å². The van der Waals surface area contributed by atoms with E-state index in [9.17, 15) is 32.7 Å². The zero-order valence-corrected chi connectivity index (χ0v) is 19.7. The number of halogens is 3. The monoisotopic (exact) mass is 510 g/mol. The number of nitrogens with zero attached hydrogens (tertiary/aromatic N) is 4. The molecule has 1 spiro atoms. The highest BCUT2D eigenvalue weighted by Crippen LogP contribution is 2.41. The van der Waals surface area contributed by atoms with Crippen molar-refractivity contribution in [1.29, 1.82) is 0 Å². The molecule has 36 heavy (non-hydrogen) atoms. The maximum atomic E-state index is 13.6. The van der Waals surface area contributed by atoms with E-state index in [2.05, 4.69) is 4.74 Å². The normalized spacial score (nSPS) is 26.6. The maximum Gasteiger partial charge on any atom is 0.573 e. The van der Waals surface area contributed by atoms with Crippen LogP contribution in [0.3, 0.4) is 0 Å². The molecule has 4 saturated heterocycles. The predicted octanol–water partition coefficient (Wildman–Crippen LogP) is 0.956. The van der Waals surface area contributed by atoms with E-state index in [4.69, 9.17) is 0 Å². The molecule has 1 aromatic rings. The highest BCUT2D eigenvalue weighted by Gasteiger charge is 2.64. The van der Waals surface area contributed by atoms with Gasteiger partial charge < -0.3 is 14.7 Å². The average Bonchev–Trinajstić information content (AvgIpc) is 3.36. The van der Waals surface area contributed by atoms with E-state index in [0.29, 0.717) is 51.1 Å². The highest BCUT2D eigenvalue weighted by atomic mass is 19.4. The average molecular weight is 511 g/mol. The van der Waals surface area contributed by atoms with Crippen LogP contribution in [-0.4, -0.2) is 106 Å². The van der Waals surface area contributed by atoms with Crippen LogP contribution in [0.4, 0.5) is 13.2 Å². The van der Waals surface area contributed by atoms with Crippen molar-refractivity contribution in [2.24, 2.45) is 0 Å². The van der Waals surface area contributed by atoms with Crippen molar-refractivity contribution in [2.45, 2.75) is 56.3 Å². The number of aliphatic hydroxyl groups excluding tert-OH is 1. The summed E-state index contributed by atoms with van der Waals surface area (Å²) in [6, 6.07) is 5.13. The van der Waals surface area contributed by atoms with Gasteiger partial charge in [0.25, 0.3) is 5.91 Å². The van der Waals surface area contributed by atoms with Gasteiger partial charge in [-0.15, -0.1) is 13.2 Å². The Labute approximate surface area is 206 Å². The zero-order chi connectivity index (χ0) is 25.7. The Morgan fingerprint density at radius 1 is 1.14 bits per heavy atom. The Hall–Kier alpha value is -2.70. The summed E-state index contributed by atoms with van der Waals surface area (Å²) in [5, 5.41) is 10.3. The van der Waals surface area contributed by atoms with Gasteiger partial charge in [0.2, 0.25) is 11.8 Å². The molecule has 4 aliphatic heterocycles. The topological polar surface area (TPSA) is 93.6 Å². The zero-order valence-electron chi connectivity index (χ0n) is 19.7. The number of amides is 3. The lowest BCUT2D eigenvalue weighted by atomic mass is 9.82. The van der Waals surface area contributed by atoms with Crippen molar-refractivity contribution < 1.29 is 37.4 Å². The van der Waals surface area contributed by atoms with E-state index < -0.39 is 24.0 Å². The fourth-order valence-electron chi connectivity index (χ4n) is 5.97. The molecule has 12 heteroatoms. The van der Waals surface area contributed by atoms with Crippen molar-refractivity contribution in [2.75, 3.05) is 39.3 Å². The summed E-state index contributed by atoms with van der Waals surface area (Å²) in [4.78, 5) is 45.4. The van der Waals surface area contributed by atoms with Crippen molar-refractivity contribution in [3.63, 3.8) is 0 Å². The highest BCUT2D eigenvalue weighted by molar-refractivity contribution is 6.06. The molecule has 4 aliphatic rings. The van der Waals surface area contributed by atoms with Gasteiger partial charge in [-0.25, -0.2) is 0 Å². The largest absolute Gasteiger partial charge is 0.573 e. The summed E-state index contributed by atoms with van der Waals surface area (Å²) in [7, 11) is 0. The van der Waals surface area contributed by atoms with Gasteiger partial charge in [-0.1, -0.05) is 12.1 Å². The SMILES string of the molecule is O=C1CCCN1CCCN1C(=O)[C@@H]2C[C@@H](O)CN2C2(CN(Cc3cccc(OC(F)(F)F)c3)C2)C1=O. The summed E-state index contributed by atoms with van der Waals surface area (Å²) in [5.74, 6) is -0.839. The molecule has 0 unspecified atom stereocenters. The van der Waals surface area contributed by atoms with Crippen LogP contribution in [0.1, 0.15) is 31.2 Å². The van der Waals surface area contributed by atoms with Gasteiger partial charge in [0, 0.05) is 52.2 Å². The minimum atomic E-state index is -4.78. The first-order chi connectivity index (χ1) is 17.1. The standard InChI is InChI=1S/C24H29F3N4O5/c25-24(26,27)36-18-5-1-4-16(10-18)12-28-14-23(15-28)22(35)30(9-3-8-29-7-2-6-20(29)33)21(34)19-11-17(32)13-31(19)23/h1,4-5,10,17,19,32H,2-3,6-9,11-15H2/t17-,19+/m1/s1. The lowest BCUT2D eigenvalue weighted by molar-refractivity contribution is -0.274. The molecule has 3 amide bonds. The van der Waals surface area contributed by atoms with E-state index >= 15 is 0 Å². The number of carbonyl (C=O) groups is 3. The third-order valence-electron chi connectivity index (χ3n) is 7.51. The fourth-order valence-corrected chi connectivity index (χ4v) is 5.97. The molecular weight excluding hydrogens is 481 g/mol. The van der Waals surface area contributed by atoms with Crippen LogP contribution in [-0.2, 0) is 20.9 Å². The number of hydrogen-bond donors (Lipinski definition) is 1. The molecule has 0 radical (unpaired) electrons. The van der Waals surface area contributed by atoms with Gasteiger partial charge in [-0.05, 0) is 37.0 Å². The van der Waals surface area contributed by atoms with Crippen molar-refractivity contribution in [1.82, 2.24) is 19.6 Å². The first-order valence-corrected chi connectivity index (χ1v) is 12.2. The van der Waals surface area contributed by atoms with Gasteiger partial charge in [0.1, 0.15) is 11.3 Å². The van der Waals surface area contributed by atoms with Crippen LogP contribution in [0.25, 0.3) is 0 Å². The Morgan fingerprint density at radius 3 is 2.61 bits per heavy atom. The van der Waals surface area contributed by atoms with Gasteiger partial charge >= 0.3 is 6.36 Å². The number of rotatable bonds is 7. The third kappa shape index (κ3) is 4.69. The molecule has 196 valence electrons. The molecular formula is C24H29F3N4O5. The number of β-amino-alcohol motifs (C(OH)–C–C–N with tert-alkyl or cyclic N) is 1. The quantitative estimate of drug-likeness (QED) is 0.546. The summed E-state index contributed by atoms with van der Waals surface area (Å²) in [5.41, 5.74) is -0.351. The van der Waals surface area contributed by atoms with Crippen LogP contribution in [0.5, 0.6) is 5.75 Å². The molecule has 4 fully saturated rings. The molecule has 1 aromatic carbocycles. The minimum Gasteiger partial charge on any atom is -0.406 e. The summed E-state index contributed by atoms with van der Waals surface area (Å²) in [6.07, 6.45) is -3.40. The van der Waals surface area contributed by atoms with Gasteiger partial charge in [-0.3, -0.25) is 29.1 Å². The lowest BCUT2D eigenvalue weighted by Gasteiger charge is -2.58. The van der Waals surface area contributed by atoms with Gasteiger partial charge in [0.15, 0.2) is 0 Å². The van der Waals surface area contributed by atoms with Crippen LogP contribution in [0.15, 0.2) is 24.3 Å². The van der Waals surface area contributed by atoms with Crippen molar-refractivity contribution in [3.05, 3.63) is 29.8 Å². The van der Waals surface area contributed by atoms with Crippen molar-refractivity contribution in [3.8, 4) is 5.75 Å². The molecule has 4 heterocycles. The van der Waals surface area contributed by atoms with Gasteiger partial charge in [0.05, 0.1) is 12.1 Å². The number of ether oxygens (including phenoxy) is 1. The lowest BCUT2D eigenvalue weighted by Crippen LogP contribution is -2.81. The Bertz CT molecular complexity index is 1040. The van der Waals surface area contributed by atoms with Crippen LogP contribution in [0.2, 0.25) is 0 Å². The third-order valence-corrected chi connectivity index (χ3v) is 7.51. The van der Waals surface area contributed by atoms with E-state index in [1.807, 2.05) is 9.80 Å². The number of alkyl halides is 3. The summed E-state index contributed by atoms with van der Waals surface area (Å²) < 4.78 is 41.7. The molecule has 0 bridgehead atoms. The van der Waals surface area contributed by atoms with Crippen LogP contribution in [0, 0.1) is 0 Å². The van der Waals surface area contributed by atoms with E-state index in [1.165, 1.54) is 23.1 Å². The second-order valence-electron chi connectivity index (χ2n) is 10.1. The molecule has 0 aromatic heterocycles. The number of piperazine rings is 1. The molecule has 9 nitrogen and oxygen atoms in total. The smallest absolute Gasteiger partial charge is 0.406 e. The fraction of sp³-hybridized carbons (Fsp3) is 0.625. The first kappa shape index (κ1) is 25.0. The molecule has 0 saturated carbocycles. The Balaban J connectivity index is 1.26.